The molecule has 0 aliphatic carbocycles. The number of piperazine rings is 1. The van der Waals surface area contributed by atoms with Crippen LogP contribution in [-0.2, 0) is 0 Å². The molecular formula is C12H17Cl2N2O-. The van der Waals surface area contributed by atoms with Gasteiger partial charge >= 0.3 is 0 Å². The van der Waals surface area contributed by atoms with Crippen LogP contribution in [0.1, 0.15) is 0 Å². The molecule has 5 heteroatoms. The topological polar surface area (TPSA) is 24.5 Å². The molecule has 0 amide bonds. The van der Waals surface area contributed by atoms with Crippen molar-refractivity contribution in [2.45, 2.75) is 0 Å². The maximum absolute atomic E-state index is 6.00. The van der Waals surface area contributed by atoms with Crippen LogP contribution in [0.15, 0.2) is 24.3 Å². The molecule has 0 saturated carbocycles. The summed E-state index contributed by atoms with van der Waals surface area (Å²) < 4.78 is 5.65. The molecule has 0 aromatic heterocycles. The Morgan fingerprint density at radius 3 is 2.65 bits per heavy atom. The van der Waals surface area contributed by atoms with Crippen molar-refractivity contribution in [2.24, 2.45) is 0 Å². The highest BCUT2D eigenvalue weighted by Crippen LogP contribution is 2.22. The SMILES string of the molecule is Clc1ccccc1OCCN1CCNCC1.[Cl-]. The summed E-state index contributed by atoms with van der Waals surface area (Å²) in [6, 6.07) is 7.60. The van der Waals surface area contributed by atoms with Crippen LogP contribution >= 0.6 is 11.6 Å². The molecule has 1 N–H and O–H groups in total. The summed E-state index contributed by atoms with van der Waals surface area (Å²) in [5.41, 5.74) is 0. The zero-order valence-corrected chi connectivity index (χ0v) is 11.2. The van der Waals surface area contributed by atoms with Gasteiger partial charge in [0.15, 0.2) is 0 Å². The number of nitrogens with zero attached hydrogens (tertiary/aromatic N) is 1. The first kappa shape index (κ1) is 14.6. The number of ether oxygens (including phenoxy) is 1. The Balaban J connectivity index is 0.00000144. The van der Waals surface area contributed by atoms with Gasteiger partial charge in [-0.1, -0.05) is 23.7 Å². The summed E-state index contributed by atoms with van der Waals surface area (Å²) in [7, 11) is 0. The number of rotatable bonds is 4. The fourth-order valence-corrected chi connectivity index (χ4v) is 1.97. The van der Waals surface area contributed by atoms with Gasteiger partial charge in [0.1, 0.15) is 12.4 Å². The Hall–Kier alpha value is -0.480. The molecule has 0 spiro atoms. The van der Waals surface area contributed by atoms with Crippen LogP contribution in [0.5, 0.6) is 5.75 Å². The van der Waals surface area contributed by atoms with Crippen molar-refractivity contribution in [1.29, 1.82) is 0 Å². The fraction of sp³-hybridized carbons (Fsp3) is 0.500. The van der Waals surface area contributed by atoms with Crippen molar-refractivity contribution in [3.63, 3.8) is 0 Å². The molecule has 0 radical (unpaired) electrons. The van der Waals surface area contributed by atoms with Crippen LogP contribution in [-0.4, -0.2) is 44.2 Å². The highest BCUT2D eigenvalue weighted by molar-refractivity contribution is 6.32. The Bertz CT molecular complexity index is 330. The predicted octanol–water partition coefficient (Wildman–Crippen LogP) is -1.37. The van der Waals surface area contributed by atoms with Crippen LogP contribution in [0, 0.1) is 0 Å². The number of halogens is 2. The number of hydrogen-bond donors (Lipinski definition) is 1. The average Bonchev–Trinajstić information content (AvgIpc) is 2.33. The number of para-hydroxylation sites is 1. The van der Waals surface area contributed by atoms with Gasteiger partial charge < -0.3 is 22.5 Å². The van der Waals surface area contributed by atoms with Crippen LogP contribution < -0.4 is 22.5 Å². The second-order valence-electron chi connectivity index (χ2n) is 3.87. The molecule has 96 valence electrons. The zero-order valence-electron chi connectivity index (χ0n) is 9.66. The lowest BCUT2D eigenvalue weighted by Crippen LogP contribution is -3.00. The minimum atomic E-state index is 0. The van der Waals surface area contributed by atoms with Crippen molar-refractivity contribution >= 4 is 11.6 Å². The smallest absolute Gasteiger partial charge is 0.137 e. The lowest BCUT2D eigenvalue weighted by Gasteiger charge is -2.26. The van der Waals surface area contributed by atoms with Crippen molar-refractivity contribution < 1.29 is 17.1 Å². The van der Waals surface area contributed by atoms with E-state index in [1.165, 1.54) is 0 Å². The lowest BCUT2D eigenvalue weighted by molar-refractivity contribution is -0.00000370. The van der Waals surface area contributed by atoms with Crippen LogP contribution in [0.25, 0.3) is 0 Å². The first-order valence-corrected chi connectivity index (χ1v) is 6.04. The molecule has 0 bridgehead atoms. The van der Waals surface area contributed by atoms with E-state index in [1.54, 1.807) is 0 Å². The van der Waals surface area contributed by atoms with Crippen LogP contribution in [0.2, 0.25) is 5.02 Å². The van der Waals surface area contributed by atoms with Crippen molar-refractivity contribution in [3.8, 4) is 5.75 Å². The summed E-state index contributed by atoms with van der Waals surface area (Å²) in [6.07, 6.45) is 0. The normalized spacial score (nSPS) is 16.3. The molecular weight excluding hydrogens is 259 g/mol. The van der Waals surface area contributed by atoms with E-state index in [0.29, 0.717) is 11.6 Å². The average molecular weight is 276 g/mol. The summed E-state index contributed by atoms with van der Waals surface area (Å²) in [4.78, 5) is 2.40. The maximum atomic E-state index is 6.00. The number of benzene rings is 1. The van der Waals surface area contributed by atoms with E-state index in [-0.39, 0.29) is 12.4 Å². The van der Waals surface area contributed by atoms with E-state index in [0.717, 1.165) is 38.5 Å². The quantitative estimate of drug-likeness (QED) is 0.734. The third-order valence-electron chi connectivity index (χ3n) is 2.71. The Morgan fingerprint density at radius 1 is 1.24 bits per heavy atom. The Labute approximate surface area is 113 Å². The molecule has 1 heterocycles. The zero-order chi connectivity index (χ0) is 11.2. The van der Waals surface area contributed by atoms with E-state index >= 15 is 0 Å². The Kier molecular flexibility index (Phi) is 6.66. The molecule has 1 saturated heterocycles. The molecule has 3 nitrogen and oxygen atoms in total. The van der Waals surface area contributed by atoms with Gasteiger partial charge in [-0.3, -0.25) is 4.90 Å². The minimum absolute atomic E-state index is 0. The first-order valence-electron chi connectivity index (χ1n) is 5.66. The van der Waals surface area contributed by atoms with E-state index in [4.69, 9.17) is 16.3 Å². The van der Waals surface area contributed by atoms with Crippen LogP contribution in [0.4, 0.5) is 0 Å². The van der Waals surface area contributed by atoms with Crippen LogP contribution in [0.3, 0.4) is 0 Å². The highest BCUT2D eigenvalue weighted by atomic mass is 35.5. The van der Waals surface area contributed by atoms with E-state index in [2.05, 4.69) is 10.2 Å². The standard InChI is InChI=1S/C12H17ClN2O.ClH/c13-11-3-1-2-4-12(11)16-10-9-15-7-5-14-6-8-15;/h1-4,14H,5-10H2;1H/p-1. The third kappa shape index (κ3) is 4.72. The third-order valence-corrected chi connectivity index (χ3v) is 3.02. The van der Waals surface area contributed by atoms with Gasteiger partial charge in [-0.2, -0.15) is 0 Å². The number of nitrogens with one attached hydrogen (secondary N) is 1. The lowest BCUT2D eigenvalue weighted by atomic mass is 10.3. The van der Waals surface area contributed by atoms with Gasteiger partial charge in [0, 0.05) is 32.7 Å². The summed E-state index contributed by atoms with van der Waals surface area (Å²) in [5, 5.41) is 4.01. The summed E-state index contributed by atoms with van der Waals surface area (Å²) in [5.74, 6) is 0.777. The Morgan fingerprint density at radius 2 is 1.94 bits per heavy atom. The minimum Gasteiger partial charge on any atom is -1.00 e. The van der Waals surface area contributed by atoms with E-state index < -0.39 is 0 Å². The van der Waals surface area contributed by atoms with Crippen molar-refractivity contribution in [2.75, 3.05) is 39.3 Å². The van der Waals surface area contributed by atoms with Gasteiger partial charge in [-0.25, -0.2) is 0 Å². The molecule has 0 unspecified atom stereocenters. The highest BCUT2D eigenvalue weighted by Gasteiger charge is 2.09. The van der Waals surface area contributed by atoms with Crippen molar-refractivity contribution in [3.05, 3.63) is 29.3 Å². The molecule has 1 aliphatic heterocycles. The predicted molar refractivity (Wildman–Crippen MR) is 66.3 cm³/mol. The first-order chi connectivity index (χ1) is 7.86. The number of hydrogen-bond acceptors (Lipinski definition) is 3. The summed E-state index contributed by atoms with van der Waals surface area (Å²) >= 11 is 6.00. The van der Waals surface area contributed by atoms with Gasteiger partial charge in [0.2, 0.25) is 0 Å². The second kappa shape index (κ2) is 7.77. The molecule has 1 aliphatic rings. The molecule has 17 heavy (non-hydrogen) atoms. The van der Waals surface area contributed by atoms with Crippen molar-refractivity contribution in [1.82, 2.24) is 10.2 Å². The molecule has 0 atom stereocenters. The largest absolute Gasteiger partial charge is 1.00 e. The van der Waals surface area contributed by atoms with E-state index in [1.807, 2.05) is 24.3 Å². The van der Waals surface area contributed by atoms with E-state index in [9.17, 15) is 0 Å². The molecule has 2 rings (SSSR count). The second-order valence-corrected chi connectivity index (χ2v) is 4.28. The fourth-order valence-electron chi connectivity index (χ4n) is 1.78. The molecule has 1 fully saturated rings. The maximum Gasteiger partial charge on any atom is 0.137 e. The molecule has 1 aromatic carbocycles. The van der Waals surface area contributed by atoms with Gasteiger partial charge in [-0.05, 0) is 12.1 Å². The van der Waals surface area contributed by atoms with Gasteiger partial charge in [0.05, 0.1) is 5.02 Å². The monoisotopic (exact) mass is 275 g/mol. The summed E-state index contributed by atoms with van der Waals surface area (Å²) in [6.45, 7) is 6.02. The van der Waals surface area contributed by atoms with Gasteiger partial charge in [0.25, 0.3) is 0 Å². The van der Waals surface area contributed by atoms with Gasteiger partial charge in [-0.15, -0.1) is 0 Å². The molecule has 1 aromatic rings.